The first-order valence-corrected chi connectivity index (χ1v) is 27.7. The maximum absolute atomic E-state index is 13.7. The van der Waals surface area contributed by atoms with E-state index in [1.54, 1.807) is 25.8 Å². The van der Waals surface area contributed by atoms with E-state index in [2.05, 4.69) is 115 Å². The van der Waals surface area contributed by atoms with E-state index in [1.165, 1.54) is 26.8 Å². The van der Waals surface area contributed by atoms with Gasteiger partial charge in [-0.25, -0.2) is 4.79 Å². The first-order valence-electron chi connectivity index (χ1n) is 27.7. The number of likely N-dealkylation sites (N-methyl/N-ethyl adjacent to an activating group) is 1. The molecule has 2 amide bonds. The molecule has 9 rings (SSSR count). The molecule has 15 nitrogen and oxygen atoms in total. The molecule has 3 saturated heterocycles. The van der Waals surface area contributed by atoms with Crippen LogP contribution >= 0.6 is 0 Å². The van der Waals surface area contributed by atoms with Gasteiger partial charge in [0.1, 0.15) is 18.5 Å². The molecule has 0 spiro atoms. The molecule has 0 bridgehead atoms. The number of aromatic nitrogens is 3. The summed E-state index contributed by atoms with van der Waals surface area (Å²) in [5, 5.41) is 9.66. The minimum Gasteiger partial charge on any atom is -0.381 e. The van der Waals surface area contributed by atoms with E-state index in [0.29, 0.717) is 24.0 Å². The average Bonchev–Trinajstić information content (AvgIpc) is 3.97. The quantitative estimate of drug-likeness (QED) is 0.0768. The highest BCUT2D eigenvalue weighted by molar-refractivity contribution is 5.94. The Balaban J connectivity index is 0.00000200. The number of aldehydes is 1. The number of pyridine rings is 1. The van der Waals surface area contributed by atoms with Gasteiger partial charge >= 0.3 is 5.69 Å². The standard InChI is InChI=1S/C56H72N10O5.2C2H6/c1-38(31-47-39(2)58-21-16-46(47)45-13-14-48-49(33-45)60-53(59-48)37-71-5)34-62-22-19-43(20-23-62)42-9-11-44(12-10-42)55(69)65-24-17-40(18-25-65)35-63-26-28-64(29-27-63)36-41-8-15-50-52(32-41)61(4)56(70)66(50)51(7-6-30-67)54(68)57-3;2*1-2/h8-16,21,30-33,40,43,51,53,59-60H,6-7,17-20,22-29,34-37H2,1-5H3,(H,57,68);2*1-2H3/b38-31+;;. The van der Waals surface area contributed by atoms with Crippen molar-refractivity contribution < 1.29 is 19.1 Å². The Bertz CT molecular complexity index is 2780. The zero-order valence-electron chi connectivity index (χ0n) is 46.3. The van der Waals surface area contributed by atoms with Crippen LogP contribution in [0.1, 0.15) is 118 Å². The SMILES string of the molecule is CC.CC.CNC(=O)C(CCC=O)n1c(=O)n(C)c2cc(CN3CCN(CC4CCN(C(=O)c5ccc(C6CCN(C/C(C)=C/c7c(-c8ccc9c(c8)NC(COC)N9)ccnc7C)CC6)cc5)CC4)CC3)ccc21. The molecule has 5 aromatic rings. The van der Waals surface area contributed by atoms with Crippen LogP contribution in [0.15, 0.2) is 83.3 Å². The van der Waals surface area contributed by atoms with Crippen molar-refractivity contribution in [2.75, 3.05) is 96.8 Å². The van der Waals surface area contributed by atoms with Crippen molar-refractivity contribution in [1.29, 1.82) is 0 Å². The van der Waals surface area contributed by atoms with Gasteiger partial charge in [0.05, 0.1) is 29.0 Å². The minimum atomic E-state index is -0.746. The molecule has 3 N–H and O–H groups in total. The number of hydrogen-bond acceptors (Lipinski definition) is 11. The average molecular weight is 1030 g/mol. The van der Waals surface area contributed by atoms with Crippen molar-refractivity contribution in [3.05, 3.63) is 117 Å². The molecule has 2 unspecified atom stereocenters. The fourth-order valence-electron chi connectivity index (χ4n) is 11.4. The lowest BCUT2D eigenvalue weighted by molar-refractivity contribution is -0.124. The van der Waals surface area contributed by atoms with Crippen LogP contribution in [-0.4, -0.2) is 144 Å². The first kappa shape index (κ1) is 56.6. The number of likely N-dealkylation sites (tertiary alicyclic amines) is 2. The van der Waals surface area contributed by atoms with E-state index in [1.807, 2.05) is 46.0 Å². The second-order valence-corrected chi connectivity index (χ2v) is 20.3. The van der Waals surface area contributed by atoms with Crippen molar-refractivity contribution in [2.45, 2.75) is 105 Å². The van der Waals surface area contributed by atoms with Crippen LogP contribution in [0.4, 0.5) is 11.4 Å². The van der Waals surface area contributed by atoms with Crippen LogP contribution in [0.25, 0.3) is 28.2 Å². The summed E-state index contributed by atoms with van der Waals surface area (Å²) in [5.41, 5.74) is 12.5. The number of ether oxygens (including phenoxy) is 1. The normalized spacial score (nSPS) is 18.2. The number of imidazole rings is 1. The third-order valence-corrected chi connectivity index (χ3v) is 15.5. The van der Waals surface area contributed by atoms with Crippen molar-refractivity contribution in [2.24, 2.45) is 13.0 Å². The Kier molecular flexibility index (Phi) is 20.4. The molecule has 2 aromatic heterocycles. The van der Waals surface area contributed by atoms with Gasteiger partial charge in [-0.05, 0) is 136 Å². The Morgan fingerprint density at radius 1 is 0.827 bits per heavy atom. The smallest absolute Gasteiger partial charge is 0.329 e. The third kappa shape index (κ3) is 13.7. The molecule has 4 aliphatic rings. The highest BCUT2D eigenvalue weighted by Crippen LogP contribution is 2.36. The number of amides is 2. The number of methoxy groups -OCH3 is 1. The molecular formula is C60H84N10O5. The van der Waals surface area contributed by atoms with E-state index in [0.717, 1.165) is 143 Å². The fraction of sp³-hybridized carbons (Fsp3) is 0.517. The number of carbonyl (C=O) groups is 3. The van der Waals surface area contributed by atoms with E-state index < -0.39 is 6.04 Å². The third-order valence-electron chi connectivity index (χ3n) is 15.5. The molecule has 0 saturated carbocycles. The fourth-order valence-corrected chi connectivity index (χ4v) is 11.4. The minimum absolute atomic E-state index is 0.0680. The van der Waals surface area contributed by atoms with Crippen molar-refractivity contribution in [1.82, 2.24) is 39.0 Å². The number of aryl methyl sites for hydroxylation is 2. The number of benzene rings is 3. The lowest BCUT2D eigenvalue weighted by Gasteiger charge is -2.39. The Morgan fingerprint density at radius 3 is 2.20 bits per heavy atom. The lowest BCUT2D eigenvalue weighted by atomic mass is 9.88. The highest BCUT2D eigenvalue weighted by atomic mass is 16.5. The van der Waals surface area contributed by atoms with Crippen LogP contribution < -0.4 is 21.6 Å². The van der Waals surface area contributed by atoms with E-state index in [9.17, 15) is 19.2 Å². The number of piperazine rings is 1. The number of nitrogens with zero attached hydrogens (tertiary/aromatic N) is 7. The number of piperidine rings is 2. The predicted molar refractivity (Wildman–Crippen MR) is 304 cm³/mol. The second-order valence-electron chi connectivity index (χ2n) is 20.3. The van der Waals surface area contributed by atoms with Crippen LogP contribution in [0, 0.1) is 12.8 Å². The first-order chi connectivity index (χ1) is 36.5. The molecule has 0 aliphatic carbocycles. The van der Waals surface area contributed by atoms with Crippen LogP contribution in [0.3, 0.4) is 0 Å². The number of nitrogens with one attached hydrogen (secondary N) is 3. The Labute approximate surface area is 445 Å². The zero-order chi connectivity index (χ0) is 53.6. The zero-order valence-corrected chi connectivity index (χ0v) is 46.3. The summed E-state index contributed by atoms with van der Waals surface area (Å²) in [7, 11) is 5.00. The molecule has 75 heavy (non-hydrogen) atoms. The van der Waals surface area contributed by atoms with Gasteiger partial charge in [0.25, 0.3) is 5.91 Å². The van der Waals surface area contributed by atoms with Crippen molar-refractivity contribution in [3.8, 4) is 11.1 Å². The summed E-state index contributed by atoms with van der Waals surface area (Å²) in [6.45, 7) is 23.3. The van der Waals surface area contributed by atoms with Gasteiger partial charge in [-0.1, -0.05) is 63.6 Å². The highest BCUT2D eigenvalue weighted by Gasteiger charge is 2.29. The molecule has 3 aromatic carbocycles. The van der Waals surface area contributed by atoms with Gasteiger partial charge in [-0.15, -0.1) is 0 Å². The van der Waals surface area contributed by atoms with Crippen molar-refractivity contribution >= 4 is 46.6 Å². The summed E-state index contributed by atoms with van der Waals surface area (Å²) in [4.78, 5) is 65.2. The largest absolute Gasteiger partial charge is 0.381 e. The van der Waals surface area contributed by atoms with Gasteiger partial charge in [-0.2, -0.15) is 0 Å². The second kappa shape index (κ2) is 27.1. The van der Waals surface area contributed by atoms with Gasteiger partial charge in [0, 0.05) is 110 Å². The number of carbonyl (C=O) groups excluding carboxylic acids is 3. The lowest BCUT2D eigenvalue weighted by Crippen LogP contribution is -2.48. The molecule has 2 atom stereocenters. The van der Waals surface area contributed by atoms with E-state index in [-0.39, 0.29) is 36.5 Å². The van der Waals surface area contributed by atoms with Gasteiger partial charge < -0.3 is 35.3 Å². The summed E-state index contributed by atoms with van der Waals surface area (Å²) < 4.78 is 8.47. The molecule has 404 valence electrons. The topological polar surface area (TPSA) is 149 Å². The summed E-state index contributed by atoms with van der Waals surface area (Å²) in [5.74, 6) is 0.933. The van der Waals surface area contributed by atoms with Crippen LogP contribution in [0.2, 0.25) is 0 Å². The van der Waals surface area contributed by atoms with Crippen LogP contribution in [-0.2, 0) is 27.9 Å². The van der Waals surface area contributed by atoms with E-state index in [4.69, 9.17) is 4.74 Å². The predicted octanol–water partition coefficient (Wildman–Crippen LogP) is 8.79. The molecule has 15 heteroatoms. The van der Waals surface area contributed by atoms with Gasteiger partial charge in [0.2, 0.25) is 5.91 Å². The maximum Gasteiger partial charge on any atom is 0.329 e. The molecule has 0 radical (unpaired) electrons. The number of hydrogen-bond donors (Lipinski definition) is 3. The summed E-state index contributed by atoms with van der Waals surface area (Å²) in [6.07, 6.45) is 9.79. The molecular weight excluding hydrogens is 941 g/mol. The number of rotatable bonds is 17. The Hall–Kier alpha value is -6.13. The maximum atomic E-state index is 13.7. The number of fused-ring (bicyclic) bond motifs is 2. The number of anilines is 2. The van der Waals surface area contributed by atoms with Crippen LogP contribution in [0.5, 0.6) is 0 Å². The van der Waals surface area contributed by atoms with Crippen molar-refractivity contribution in [3.63, 3.8) is 0 Å². The van der Waals surface area contributed by atoms with E-state index >= 15 is 0 Å². The Morgan fingerprint density at radius 2 is 1.52 bits per heavy atom. The monoisotopic (exact) mass is 1020 g/mol. The molecule has 6 heterocycles. The summed E-state index contributed by atoms with van der Waals surface area (Å²) >= 11 is 0. The van der Waals surface area contributed by atoms with Gasteiger partial charge in [-0.3, -0.25) is 33.5 Å². The summed E-state index contributed by atoms with van der Waals surface area (Å²) in [6, 6.07) is 22.5. The molecule has 3 fully saturated rings. The molecule has 4 aliphatic heterocycles. The van der Waals surface area contributed by atoms with Gasteiger partial charge in [0.15, 0.2) is 0 Å².